The number of benzene rings is 1. The van der Waals surface area contributed by atoms with Crippen LogP contribution < -0.4 is 10.6 Å². The summed E-state index contributed by atoms with van der Waals surface area (Å²) < 4.78 is 1.03. The van der Waals surface area contributed by atoms with Gasteiger partial charge in [-0.3, -0.25) is 4.79 Å². The molecule has 1 aliphatic heterocycles. The molecule has 2 heterocycles. The number of nitrogens with zero attached hydrogens (tertiary/aromatic N) is 1. The number of carbonyl (C=O) groups excluding carboxylic acids is 1. The minimum absolute atomic E-state index is 0.0323. The lowest BCUT2D eigenvalue weighted by Crippen LogP contribution is -2.42. The van der Waals surface area contributed by atoms with Crippen LogP contribution in [0.5, 0.6) is 0 Å². The van der Waals surface area contributed by atoms with Crippen molar-refractivity contribution in [3.8, 4) is 0 Å². The Morgan fingerprint density at radius 3 is 3.00 bits per heavy atom. The average Bonchev–Trinajstić information content (AvgIpc) is 3.10. The number of nitrogens with one attached hydrogen (secondary N) is 2. The molecule has 1 saturated heterocycles. The molecule has 0 radical (unpaired) electrons. The highest BCUT2D eigenvalue weighted by molar-refractivity contribution is 7.16. The van der Waals surface area contributed by atoms with Gasteiger partial charge < -0.3 is 10.6 Å². The van der Waals surface area contributed by atoms with Crippen LogP contribution in [-0.2, 0) is 4.79 Å². The summed E-state index contributed by atoms with van der Waals surface area (Å²) in [5.74, 6) is 0.297. The molecule has 1 aromatic carbocycles. The zero-order valence-electron chi connectivity index (χ0n) is 12.1. The van der Waals surface area contributed by atoms with E-state index in [1.54, 1.807) is 16.8 Å². The van der Waals surface area contributed by atoms with Crippen molar-refractivity contribution in [1.82, 2.24) is 10.3 Å². The highest BCUT2D eigenvalue weighted by Gasteiger charge is 2.44. The Morgan fingerprint density at radius 2 is 2.33 bits per heavy atom. The summed E-state index contributed by atoms with van der Waals surface area (Å²) in [5, 5.41) is 6.87. The molecule has 1 fully saturated rings. The molecule has 1 amide bonds. The molecule has 1 aromatic heterocycles. The van der Waals surface area contributed by atoms with Crippen molar-refractivity contribution in [2.75, 3.05) is 18.4 Å². The molecule has 1 unspecified atom stereocenters. The average molecular weight is 324 g/mol. The second kappa shape index (κ2) is 5.55. The number of hydrogen-bond donors (Lipinski definition) is 2. The van der Waals surface area contributed by atoms with Crippen LogP contribution in [0.3, 0.4) is 0 Å². The molecule has 3 rings (SSSR count). The van der Waals surface area contributed by atoms with Crippen molar-refractivity contribution in [3.05, 3.63) is 22.7 Å². The van der Waals surface area contributed by atoms with Gasteiger partial charge in [0.1, 0.15) is 5.52 Å². The van der Waals surface area contributed by atoms with Gasteiger partial charge in [0, 0.05) is 6.54 Å². The Hall–Kier alpha value is -1.17. The predicted octanol–water partition coefficient (Wildman–Crippen LogP) is 3.52. The monoisotopic (exact) mass is 323 g/mol. The van der Waals surface area contributed by atoms with E-state index in [1.807, 2.05) is 12.1 Å². The molecule has 112 valence electrons. The summed E-state index contributed by atoms with van der Waals surface area (Å²) in [7, 11) is 0. The van der Waals surface area contributed by atoms with Gasteiger partial charge in [-0.05, 0) is 31.0 Å². The zero-order valence-corrected chi connectivity index (χ0v) is 13.6. The fourth-order valence-electron chi connectivity index (χ4n) is 2.92. The SMILES string of the molecule is CC(C)C1(C(=O)Nc2c(Cl)ccc3scnc23)CCNC1. The molecule has 2 aromatic rings. The van der Waals surface area contributed by atoms with Gasteiger partial charge in [0.25, 0.3) is 0 Å². The molecule has 6 heteroatoms. The van der Waals surface area contributed by atoms with Crippen LogP contribution in [0.15, 0.2) is 17.6 Å². The first kappa shape index (κ1) is 14.8. The summed E-state index contributed by atoms with van der Waals surface area (Å²) in [6.07, 6.45) is 0.848. The number of halogens is 1. The largest absolute Gasteiger partial charge is 0.322 e. The molecular formula is C15H18ClN3OS. The topological polar surface area (TPSA) is 54.0 Å². The Balaban J connectivity index is 1.96. The summed E-state index contributed by atoms with van der Waals surface area (Å²) in [6.45, 7) is 5.77. The van der Waals surface area contributed by atoms with Crippen LogP contribution in [0, 0.1) is 11.3 Å². The van der Waals surface area contributed by atoms with Crippen molar-refractivity contribution < 1.29 is 4.79 Å². The zero-order chi connectivity index (χ0) is 15.0. The van der Waals surface area contributed by atoms with Gasteiger partial charge in [-0.15, -0.1) is 11.3 Å². The Morgan fingerprint density at radius 1 is 1.52 bits per heavy atom. The van der Waals surface area contributed by atoms with E-state index in [2.05, 4.69) is 29.5 Å². The van der Waals surface area contributed by atoms with Crippen molar-refractivity contribution >= 4 is 44.7 Å². The minimum Gasteiger partial charge on any atom is -0.322 e. The molecular weight excluding hydrogens is 306 g/mol. The molecule has 21 heavy (non-hydrogen) atoms. The fraction of sp³-hybridized carbons (Fsp3) is 0.467. The molecule has 0 aliphatic carbocycles. The number of rotatable bonds is 3. The number of anilines is 1. The number of amides is 1. The van der Waals surface area contributed by atoms with Gasteiger partial charge in [0.05, 0.1) is 26.3 Å². The van der Waals surface area contributed by atoms with Gasteiger partial charge in [0.2, 0.25) is 5.91 Å². The summed E-state index contributed by atoms with van der Waals surface area (Å²) in [4.78, 5) is 17.2. The number of carbonyl (C=O) groups is 1. The van der Waals surface area contributed by atoms with Crippen LogP contribution in [-0.4, -0.2) is 24.0 Å². The third-order valence-electron chi connectivity index (χ3n) is 4.44. The van der Waals surface area contributed by atoms with Crippen LogP contribution in [0.1, 0.15) is 20.3 Å². The van der Waals surface area contributed by atoms with Crippen molar-refractivity contribution in [1.29, 1.82) is 0 Å². The van der Waals surface area contributed by atoms with Crippen LogP contribution in [0.4, 0.5) is 5.69 Å². The van der Waals surface area contributed by atoms with E-state index < -0.39 is 0 Å². The van der Waals surface area contributed by atoms with E-state index >= 15 is 0 Å². The van der Waals surface area contributed by atoms with Crippen molar-refractivity contribution in [3.63, 3.8) is 0 Å². The normalized spacial score (nSPS) is 22.1. The third kappa shape index (κ3) is 2.43. The van der Waals surface area contributed by atoms with E-state index in [1.165, 1.54) is 0 Å². The minimum atomic E-state index is -0.373. The maximum absolute atomic E-state index is 12.9. The first-order chi connectivity index (χ1) is 10.0. The molecule has 1 atom stereocenters. The highest BCUT2D eigenvalue weighted by atomic mass is 35.5. The van der Waals surface area contributed by atoms with E-state index in [0.29, 0.717) is 17.3 Å². The van der Waals surface area contributed by atoms with Gasteiger partial charge >= 0.3 is 0 Å². The lowest BCUT2D eigenvalue weighted by molar-refractivity contribution is -0.126. The third-order valence-corrected chi connectivity index (χ3v) is 5.54. The Kier molecular flexibility index (Phi) is 3.90. The summed E-state index contributed by atoms with van der Waals surface area (Å²) in [5.41, 5.74) is 2.80. The maximum Gasteiger partial charge on any atom is 0.232 e. The van der Waals surface area contributed by atoms with Crippen molar-refractivity contribution in [2.24, 2.45) is 11.3 Å². The van der Waals surface area contributed by atoms with Crippen LogP contribution in [0.2, 0.25) is 5.02 Å². The standard InChI is InChI=1S/C15H18ClN3OS/c1-9(2)15(5-6-17-7-15)14(20)19-12-10(16)3-4-11-13(12)18-8-21-11/h3-4,8-9,17H,5-7H2,1-2H3,(H,19,20). The lowest BCUT2D eigenvalue weighted by atomic mass is 9.75. The Bertz CT molecular complexity index is 677. The number of thiazole rings is 1. The van der Waals surface area contributed by atoms with E-state index in [0.717, 1.165) is 23.2 Å². The predicted molar refractivity (Wildman–Crippen MR) is 88.0 cm³/mol. The van der Waals surface area contributed by atoms with E-state index in [4.69, 9.17) is 11.6 Å². The molecule has 4 nitrogen and oxygen atoms in total. The maximum atomic E-state index is 12.9. The van der Waals surface area contributed by atoms with Gasteiger partial charge in [-0.25, -0.2) is 4.98 Å². The van der Waals surface area contributed by atoms with Crippen LogP contribution in [0.25, 0.3) is 10.2 Å². The quantitative estimate of drug-likeness (QED) is 0.908. The second-order valence-electron chi connectivity index (χ2n) is 5.81. The smallest absolute Gasteiger partial charge is 0.232 e. The van der Waals surface area contributed by atoms with E-state index in [-0.39, 0.29) is 17.2 Å². The fourth-order valence-corrected chi connectivity index (χ4v) is 3.81. The lowest BCUT2D eigenvalue weighted by Gasteiger charge is -2.31. The summed E-state index contributed by atoms with van der Waals surface area (Å²) >= 11 is 7.81. The molecule has 1 aliphatic rings. The second-order valence-corrected chi connectivity index (χ2v) is 7.11. The van der Waals surface area contributed by atoms with E-state index in [9.17, 15) is 4.79 Å². The number of aromatic nitrogens is 1. The highest BCUT2D eigenvalue weighted by Crippen LogP contribution is 2.38. The number of hydrogen-bond acceptors (Lipinski definition) is 4. The molecule has 2 N–H and O–H groups in total. The first-order valence-corrected chi connectivity index (χ1v) is 8.34. The van der Waals surface area contributed by atoms with Crippen LogP contribution >= 0.6 is 22.9 Å². The molecule has 0 spiro atoms. The first-order valence-electron chi connectivity index (χ1n) is 7.08. The van der Waals surface area contributed by atoms with Crippen molar-refractivity contribution in [2.45, 2.75) is 20.3 Å². The summed E-state index contributed by atoms with van der Waals surface area (Å²) in [6, 6.07) is 3.74. The van der Waals surface area contributed by atoms with Gasteiger partial charge in [-0.1, -0.05) is 25.4 Å². The number of fused-ring (bicyclic) bond motifs is 1. The molecule has 0 bridgehead atoms. The van der Waals surface area contributed by atoms with Gasteiger partial charge in [-0.2, -0.15) is 0 Å². The Labute approximate surface area is 132 Å². The van der Waals surface area contributed by atoms with Gasteiger partial charge in [0.15, 0.2) is 0 Å². The molecule has 0 saturated carbocycles.